The van der Waals surface area contributed by atoms with E-state index < -0.39 is 11.9 Å². The fourth-order valence-corrected chi connectivity index (χ4v) is 3.98. The Morgan fingerprint density at radius 2 is 1.88 bits per heavy atom. The summed E-state index contributed by atoms with van der Waals surface area (Å²) in [5, 5.41) is 15.3. The molecule has 1 unspecified atom stereocenters. The number of benzene rings is 2. The second-order valence-corrected chi connectivity index (χ2v) is 8.61. The fraction of sp³-hybridized carbons (Fsp3) is 0.423. The molecule has 1 aromatic heterocycles. The van der Waals surface area contributed by atoms with E-state index in [2.05, 4.69) is 4.90 Å². The smallest absolute Gasteiger partial charge is 0.222 e. The van der Waals surface area contributed by atoms with Gasteiger partial charge in [-0.25, -0.2) is 9.07 Å². The van der Waals surface area contributed by atoms with Crippen LogP contribution in [0.2, 0.25) is 0 Å². The fourth-order valence-electron chi connectivity index (χ4n) is 3.98. The monoisotopic (exact) mass is 453 g/mol. The van der Waals surface area contributed by atoms with Crippen molar-refractivity contribution in [2.24, 2.45) is 13.0 Å². The van der Waals surface area contributed by atoms with Gasteiger partial charge >= 0.3 is 0 Å². The normalized spacial score (nSPS) is 14.6. The van der Waals surface area contributed by atoms with Crippen molar-refractivity contribution < 1.29 is 19.0 Å². The predicted octanol–water partition coefficient (Wildman–Crippen LogP) is 4.63. The Morgan fingerprint density at radius 3 is 2.58 bits per heavy atom. The van der Waals surface area contributed by atoms with E-state index in [1.165, 1.54) is 18.9 Å². The van der Waals surface area contributed by atoms with Crippen molar-refractivity contribution in [3.63, 3.8) is 0 Å². The lowest BCUT2D eigenvalue weighted by Crippen LogP contribution is -2.36. The van der Waals surface area contributed by atoms with Crippen LogP contribution < -0.4 is 4.74 Å². The molecule has 1 heterocycles. The number of aliphatic hydroxyl groups excluding tert-OH is 1. The van der Waals surface area contributed by atoms with Crippen molar-refractivity contribution in [1.29, 1.82) is 0 Å². The van der Waals surface area contributed by atoms with Crippen LogP contribution in [0.4, 0.5) is 4.39 Å². The first-order valence-corrected chi connectivity index (χ1v) is 11.6. The molecule has 0 amide bonds. The maximum atomic E-state index is 14.4. The van der Waals surface area contributed by atoms with Crippen LogP contribution in [0.3, 0.4) is 0 Å². The summed E-state index contributed by atoms with van der Waals surface area (Å²) in [6.07, 6.45) is 1.82. The van der Waals surface area contributed by atoms with E-state index in [0.29, 0.717) is 38.1 Å². The van der Waals surface area contributed by atoms with E-state index in [0.717, 1.165) is 23.4 Å². The minimum atomic E-state index is -0.587. The van der Waals surface area contributed by atoms with E-state index in [4.69, 9.17) is 14.6 Å². The molecular formula is C26H32FN3O3. The first kappa shape index (κ1) is 23.4. The molecule has 1 aliphatic carbocycles. The third-order valence-corrected chi connectivity index (χ3v) is 5.76. The van der Waals surface area contributed by atoms with Crippen LogP contribution in [0.15, 0.2) is 54.6 Å². The number of ether oxygens (including phenoxy) is 2. The molecule has 6 nitrogen and oxygen atoms in total. The number of rotatable bonds is 12. The molecule has 1 saturated carbocycles. The van der Waals surface area contributed by atoms with E-state index in [-0.39, 0.29) is 5.75 Å². The van der Waals surface area contributed by atoms with Gasteiger partial charge in [-0.2, -0.15) is 5.10 Å². The van der Waals surface area contributed by atoms with Crippen LogP contribution in [-0.4, -0.2) is 52.2 Å². The Labute approximate surface area is 194 Å². The Bertz CT molecular complexity index is 1040. The SMILES string of the molecule is CCOCC(O)CN(Cc1c(-c2ccccc2)nn(C)c1Oc1ccccc1F)CC1CC1. The average Bonchev–Trinajstić information content (AvgIpc) is 3.58. The Hall–Kier alpha value is -2.74. The summed E-state index contributed by atoms with van der Waals surface area (Å²) in [6.45, 7) is 4.68. The van der Waals surface area contributed by atoms with Crippen molar-refractivity contribution >= 4 is 0 Å². The molecule has 3 aromatic rings. The zero-order valence-corrected chi connectivity index (χ0v) is 19.3. The highest BCUT2D eigenvalue weighted by atomic mass is 19.1. The highest BCUT2D eigenvalue weighted by molar-refractivity contribution is 5.65. The zero-order valence-electron chi connectivity index (χ0n) is 19.3. The van der Waals surface area contributed by atoms with Crippen LogP contribution in [0.5, 0.6) is 11.6 Å². The lowest BCUT2D eigenvalue weighted by atomic mass is 10.1. The number of hydrogen-bond acceptors (Lipinski definition) is 5. The number of halogens is 1. The molecule has 7 heteroatoms. The molecule has 0 bridgehead atoms. The second-order valence-electron chi connectivity index (χ2n) is 8.61. The quantitative estimate of drug-likeness (QED) is 0.433. The molecule has 176 valence electrons. The lowest BCUT2D eigenvalue weighted by molar-refractivity contribution is 0.0186. The Kier molecular flexibility index (Phi) is 7.75. The van der Waals surface area contributed by atoms with Crippen LogP contribution in [-0.2, 0) is 18.3 Å². The number of aryl methyl sites for hydroxylation is 1. The first-order valence-electron chi connectivity index (χ1n) is 11.6. The largest absolute Gasteiger partial charge is 0.436 e. The number of para-hydroxylation sites is 1. The van der Waals surface area contributed by atoms with Crippen molar-refractivity contribution in [2.75, 3.05) is 26.3 Å². The highest BCUT2D eigenvalue weighted by Gasteiger charge is 2.28. The number of nitrogens with zero attached hydrogens (tertiary/aromatic N) is 3. The van der Waals surface area contributed by atoms with Gasteiger partial charge in [-0.1, -0.05) is 42.5 Å². The third-order valence-electron chi connectivity index (χ3n) is 5.76. The number of aliphatic hydroxyl groups is 1. The van der Waals surface area contributed by atoms with Crippen molar-refractivity contribution in [3.05, 3.63) is 66.0 Å². The maximum Gasteiger partial charge on any atom is 0.222 e. The topological polar surface area (TPSA) is 59.8 Å². The third kappa shape index (κ3) is 6.19. The van der Waals surface area contributed by atoms with Gasteiger partial charge in [-0.05, 0) is 37.8 Å². The van der Waals surface area contributed by atoms with Crippen LogP contribution >= 0.6 is 0 Å². The molecule has 1 atom stereocenters. The summed E-state index contributed by atoms with van der Waals surface area (Å²) in [7, 11) is 1.81. The lowest BCUT2D eigenvalue weighted by Gasteiger charge is -2.25. The summed E-state index contributed by atoms with van der Waals surface area (Å²) in [6, 6.07) is 16.3. The van der Waals surface area contributed by atoms with E-state index in [1.54, 1.807) is 29.9 Å². The van der Waals surface area contributed by atoms with Crippen LogP contribution in [0.25, 0.3) is 11.3 Å². The Morgan fingerprint density at radius 1 is 1.15 bits per heavy atom. The number of hydrogen-bond donors (Lipinski definition) is 1. The van der Waals surface area contributed by atoms with Gasteiger partial charge in [0, 0.05) is 38.9 Å². The van der Waals surface area contributed by atoms with Gasteiger partial charge in [0.2, 0.25) is 5.88 Å². The average molecular weight is 454 g/mol. The molecule has 33 heavy (non-hydrogen) atoms. The second kappa shape index (κ2) is 10.9. The first-order chi connectivity index (χ1) is 16.0. The highest BCUT2D eigenvalue weighted by Crippen LogP contribution is 2.36. The van der Waals surface area contributed by atoms with Crippen molar-refractivity contribution in [2.45, 2.75) is 32.4 Å². The molecule has 0 aliphatic heterocycles. The molecule has 4 rings (SSSR count). The summed E-state index contributed by atoms with van der Waals surface area (Å²) in [5.41, 5.74) is 2.63. The molecule has 0 radical (unpaired) electrons. The molecule has 2 aromatic carbocycles. The molecule has 0 spiro atoms. The maximum absolute atomic E-state index is 14.4. The minimum absolute atomic E-state index is 0.159. The zero-order chi connectivity index (χ0) is 23.2. The van der Waals surface area contributed by atoms with Gasteiger partial charge in [-0.3, -0.25) is 4.90 Å². The molecule has 1 fully saturated rings. The Balaban J connectivity index is 1.67. The molecule has 1 N–H and O–H groups in total. The van der Waals surface area contributed by atoms with Crippen LogP contribution in [0, 0.1) is 11.7 Å². The van der Waals surface area contributed by atoms with E-state index >= 15 is 0 Å². The summed E-state index contributed by atoms with van der Waals surface area (Å²) >= 11 is 0. The van der Waals surface area contributed by atoms with Crippen LogP contribution in [0.1, 0.15) is 25.3 Å². The van der Waals surface area contributed by atoms with Crippen molar-refractivity contribution in [3.8, 4) is 22.9 Å². The number of aromatic nitrogens is 2. The summed E-state index contributed by atoms with van der Waals surface area (Å²) in [5.74, 6) is 0.871. The molecule has 0 saturated heterocycles. The predicted molar refractivity (Wildman–Crippen MR) is 126 cm³/mol. The molecule has 1 aliphatic rings. The standard InChI is InChI=1S/C26H32FN3O3/c1-3-32-18-21(31)16-30(15-19-13-14-19)17-22-25(20-9-5-4-6-10-20)28-29(2)26(22)33-24-12-8-7-11-23(24)27/h4-12,19,21,31H,3,13-18H2,1-2H3. The van der Waals surface area contributed by atoms with E-state index in [1.807, 2.05) is 37.3 Å². The van der Waals surface area contributed by atoms with Gasteiger partial charge in [0.05, 0.1) is 18.3 Å². The summed E-state index contributed by atoms with van der Waals surface area (Å²) in [4.78, 5) is 2.24. The van der Waals surface area contributed by atoms with E-state index in [9.17, 15) is 9.50 Å². The summed E-state index contributed by atoms with van der Waals surface area (Å²) < 4.78 is 27.5. The van der Waals surface area contributed by atoms with Gasteiger partial charge < -0.3 is 14.6 Å². The van der Waals surface area contributed by atoms with Gasteiger partial charge in [0.1, 0.15) is 5.69 Å². The minimum Gasteiger partial charge on any atom is -0.436 e. The van der Waals surface area contributed by atoms with Crippen molar-refractivity contribution in [1.82, 2.24) is 14.7 Å². The van der Waals surface area contributed by atoms with Gasteiger partial charge in [-0.15, -0.1) is 0 Å². The van der Waals surface area contributed by atoms with Gasteiger partial charge in [0.25, 0.3) is 0 Å². The van der Waals surface area contributed by atoms with Gasteiger partial charge in [0.15, 0.2) is 11.6 Å². The molecular weight excluding hydrogens is 421 g/mol.